The first kappa shape index (κ1) is 14.6. The van der Waals surface area contributed by atoms with Gasteiger partial charge in [0.05, 0.1) is 5.60 Å². The van der Waals surface area contributed by atoms with Gasteiger partial charge in [-0.25, -0.2) is 0 Å². The Morgan fingerprint density at radius 2 is 1.89 bits per heavy atom. The van der Waals surface area contributed by atoms with Crippen LogP contribution in [0.15, 0.2) is 46.9 Å². The fraction of sp³-hybridized carbons (Fsp3) is 0.250. The monoisotopic (exact) mass is 338 g/mol. The Labute approximate surface area is 127 Å². The van der Waals surface area contributed by atoms with Crippen LogP contribution in [0.1, 0.15) is 23.6 Å². The first-order chi connectivity index (χ1) is 8.90. The molecule has 0 aliphatic rings. The maximum atomic E-state index is 10.7. The summed E-state index contributed by atoms with van der Waals surface area (Å²) >= 11 is 9.61. The van der Waals surface area contributed by atoms with Gasteiger partial charge < -0.3 is 5.11 Å². The molecule has 0 aromatic heterocycles. The molecule has 0 amide bonds. The molecule has 1 unspecified atom stereocenters. The largest absolute Gasteiger partial charge is 0.385 e. The van der Waals surface area contributed by atoms with Gasteiger partial charge >= 0.3 is 0 Å². The van der Waals surface area contributed by atoms with Crippen LogP contribution in [0.2, 0.25) is 5.02 Å². The Balaban J connectivity index is 2.33. The van der Waals surface area contributed by atoms with Gasteiger partial charge in [-0.2, -0.15) is 0 Å². The smallest absolute Gasteiger partial charge is 0.0911 e. The maximum absolute atomic E-state index is 10.7. The lowest BCUT2D eigenvalue weighted by molar-refractivity contribution is 0.0570. The lowest BCUT2D eigenvalue weighted by Gasteiger charge is -2.26. The summed E-state index contributed by atoms with van der Waals surface area (Å²) in [5, 5.41) is 11.4. The zero-order valence-electron chi connectivity index (χ0n) is 11.0. The highest BCUT2D eigenvalue weighted by molar-refractivity contribution is 9.10. The number of rotatable bonds is 3. The van der Waals surface area contributed by atoms with Crippen molar-refractivity contribution in [3.63, 3.8) is 0 Å². The predicted octanol–water partition coefficient (Wildman–Crippen LogP) is 4.86. The van der Waals surface area contributed by atoms with Crippen molar-refractivity contribution in [2.45, 2.75) is 25.9 Å². The van der Waals surface area contributed by atoms with Crippen LogP contribution in [0.25, 0.3) is 0 Å². The van der Waals surface area contributed by atoms with E-state index in [-0.39, 0.29) is 0 Å². The second-order valence-electron chi connectivity index (χ2n) is 5.00. The third-order valence-electron chi connectivity index (χ3n) is 3.28. The first-order valence-corrected chi connectivity index (χ1v) is 7.30. The number of aryl methyl sites for hydroxylation is 1. The number of aliphatic hydroxyl groups is 1. The molecule has 19 heavy (non-hydrogen) atoms. The third-order valence-corrected chi connectivity index (χ3v) is 4.12. The van der Waals surface area contributed by atoms with E-state index < -0.39 is 5.60 Å². The molecule has 2 rings (SSSR count). The highest BCUT2D eigenvalue weighted by Gasteiger charge is 2.26. The van der Waals surface area contributed by atoms with Crippen LogP contribution in [0.5, 0.6) is 0 Å². The normalized spacial score (nSPS) is 14.2. The molecule has 1 nitrogen and oxygen atoms in total. The van der Waals surface area contributed by atoms with Gasteiger partial charge in [-0.15, -0.1) is 0 Å². The zero-order chi connectivity index (χ0) is 14.0. The Bertz CT molecular complexity index is 593. The summed E-state index contributed by atoms with van der Waals surface area (Å²) in [5.41, 5.74) is 2.04. The molecule has 0 heterocycles. The Morgan fingerprint density at radius 1 is 1.21 bits per heavy atom. The van der Waals surface area contributed by atoms with Crippen LogP contribution in [0.3, 0.4) is 0 Å². The van der Waals surface area contributed by atoms with Crippen molar-refractivity contribution in [1.82, 2.24) is 0 Å². The van der Waals surface area contributed by atoms with E-state index in [1.807, 2.05) is 56.3 Å². The van der Waals surface area contributed by atoms with Crippen LogP contribution in [0, 0.1) is 6.92 Å². The number of halogens is 2. The maximum Gasteiger partial charge on any atom is 0.0911 e. The van der Waals surface area contributed by atoms with E-state index in [2.05, 4.69) is 15.9 Å². The summed E-state index contributed by atoms with van der Waals surface area (Å²) < 4.78 is 0.941. The van der Waals surface area contributed by atoms with E-state index >= 15 is 0 Å². The Hall–Kier alpha value is -0.830. The number of hydrogen-bond donors (Lipinski definition) is 1. The minimum Gasteiger partial charge on any atom is -0.385 e. The van der Waals surface area contributed by atoms with Crippen LogP contribution in [-0.2, 0) is 12.0 Å². The minimum absolute atomic E-state index is 0.490. The van der Waals surface area contributed by atoms with Gasteiger partial charge in [-0.1, -0.05) is 57.9 Å². The molecule has 3 heteroatoms. The number of hydrogen-bond acceptors (Lipinski definition) is 1. The molecular weight excluding hydrogens is 324 g/mol. The second kappa shape index (κ2) is 5.66. The van der Waals surface area contributed by atoms with Crippen molar-refractivity contribution in [3.05, 3.63) is 68.7 Å². The Morgan fingerprint density at radius 3 is 2.53 bits per heavy atom. The third kappa shape index (κ3) is 3.38. The molecule has 2 aromatic rings. The van der Waals surface area contributed by atoms with Crippen molar-refractivity contribution in [3.8, 4) is 0 Å². The second-order valence-corrected chi connectivity index (χ2v) is 6.32. The molecule has 2 aromatic carbocycles. The van der Waals surface area contributed by atoms with Crippen LogP contribution < -0.4 is 0 Å². The summed E-state index contributed by atoms with van der Waals surface area (Å²) in [7, 11) is 0. The fourth-order valence-corrected chi connectivity index (χ4v) is 3.05. The van der Waals surface area contributed by atoms with Gasteiger partial charge in [0, 0.05) is 15.9 Å². The minimum atomic E-state index is -0.928. The zero-order valence-corrected chi connectivity index (χ0v) is 13.3. The molecule has 0 bridgehead atoms. The topological polar surface area (TPSA) is 20.2 Å². The highest BCUT2D eigenvalue weighted by Crippen LogP contribution is 2.31. The molecule has 0 spiro atoms. The van der Waals surface area contributed by atoms with Crippen LogP contribution >= 0.6 is 27.5 Å². The van der Waals surface area contributed by atoms with Crippen LogP contribution in [-0.4, -0.2) is 5.11 Å². The SMILES string of the molecule is Cc1ccccc1C(C)(O)Cc1ccc(Br)cc1Cl. The van der Waals surface area contributed by atoms with E-state index in [1.165, 1.54) is 0 Å². The standard InChI is InChI=1S/C16H16BrClO/c1-11-5-3-4-6-14(11)16(2,19)10-12-7-8-13(17)9-15(12)18/h3-9,19H,10H2,1-2H3. The van der Waals surface area contributed by atoms with Crippen molar-refractivity contribution in [2.24, 2.45) is 0 Å². The first-order valence-electron chi connectivity index (χ1n) is 6.12. The number of benzene rings is 2. The van der Waals surface area contributed by atoms with E-state index in [1.54, 1.807) is 0 Å². The predicted molar refractivity (Wildman–Crippen MR) is 83.6 cm³/mol. The lowest BCUT2D eigenvalue weighted by atomic mass is 9.86. The van der Waals surface area contributed by atoms with Crippen molar-refractivity contribution >= 4 is 27.5 Å². The average molecular weight is 340 g/mol. The molecule has 0 fully saturated rings. The van der Waals surface area contributed by atoms with Gasteiger partial charge in [0.1, 0.15) is 0 Å². The molecule has 0 saturated heterocycles. The molecule has 0 radical (unpaired) electrons. The van der Waals surface area contributed by atoms with E-state index in [0.29, 0.717) is 11.4 Å². The van der Waals surface area contributed by atoms with E-state index in [0.717, 1.165) is 21.2 Å². The molecule has 0 aliphatic heterocycles. The van der Waals surface area contributed by atoms with Crippen molar-refractivity contribution < 1.29 is 5.11 Å². The molecule has 1 atom stereocenters. The van der Waals surface area contributed by atoms with E-state index in [9.17, 15) is 5.11 Å². The summed E-state index contributed by atoms with van der Waals surface area (Å²) in [4.78, 5) is 0. The fourth-order valence-electron chi connectivity index (χ4n) is 2.31. The molecule has 0 aliphatic carbocycles. The molecule has 100 valence electrons. The summed E-state index contributed by atoms with van der Waals surface area (Å²) in [6.45, 7) is 3.83. The summed E-state index contributed by atoms with van der Waals surface area (Å²) in [6, 6.07) is 13.6. The van der Waals surface area contributed by atoms with Gasteiger partial charge in [0.15, 0.2) is 0 Å². The molecule has 1 N–H and O–H groups in total. The van der Waals surface area contributed by atoms with Crippen molar-refractivity contribution in [2.75, 3.05) is 0 Å². The summed E-state index contributed by atoms with van der Waals surface area (Å²) in [6.07, 6.45) is 0.490. The van der Waals surface area contributed by atoms with Gasteiger partial charge in [-0.3, -0.25) is 0 Å². The van der Waals surface area contributed by atoms with Gasteiger partial charge in [-0.05, 0) is 42.7 Å². The molecular formula is C16H16BrClO. The molecule has 0 saturated carbocycles. The Kier molecular flexibility index (Phi) is 4.34. The van der Waals surface area contributed by atoms with E-state index in [4.69, 9.17) is 11.6 Å². The van der Waals surface area contributed by atoms with Gasteiger partial charge in [0.2, 0.25) is 0 Å². The van der Waals surface area contributed by atoms with Crippen molar-refractivity contribution in [1.29, 1.82) is 0 Å². The average Bonchev–Trinajstić information content (AvgIpc) is 2.33. The highest BCUT2D eigenvalue weighted by atomic mass is 79.9. The lowest BCUT2D eigenvalue weighted by Crippen LogP contribution is -2.25. The van der Waals surface area contributed by atoms with Crippen LogP contribution in [0.4, 0.5) is 0 Å². The van der Waals surface area contributed by atoms with Gasteiger partial charge in [0.25, 0.3) is 0 Å². The quantitative estimate of drug-likeness (QED) is 0.846. The summed E-state index contributed by atoms with van der Waals surface area (Å²) in [5.74, 6) is 0.